The molecular formula is C17H16BrFN2O4. The Labute approximate surface area is 152 Å². The number of carbonyl (C=O) groups excluding carboxylic acids is 1. The van der Waals surface area contributed by atoms with Crippen LogP contribution in [0.1, 0.15) is 25.3 Å². The number of hydrogen-bond donors (Lipinski definition) is 1. The number of ether oxygens (including phenoxy) is 3. The van der Waals surface area contributed by atoms with Gasteiger partial charge in [0.25, 0.3) is 0 Å². The summed E-state index contributed by atoms with van der Waals surface area (Å²) >= 11 is 3.28. The van der Waals surface area contributed by atoms with Crippen LogP contribution in [-0.2, 0) is 14.3 Å². The third kappa shape index (κ3) is 3.46. The molecule has 0 spiro atoms. The Bertz CT molecular complexity index is 827. The van der Waals surface area contributed by atoms with Crippen LogP contribution in [-0.4, -0.2) is 19.7 Å². The standard InChI is InChI=1S/C17H16BrFN2O4/c1-4-24-17(22)14-8(2)25-16(21)10(7-20)15(14)9-5-11(18)13(23-3)6-12(9)19/h5-6,15H,4,21H2,1-3H3. The van der Waals surface area contributed by atoms with Gasteiger partial charge in [-0.1, -0.05) is 0 Å². The van der Waals surface area contributed by atoms with Crippen molar-refractivity contribution in [2.45, 2.75) is 19.8 Å². The van der Waals surface area contributed by atoms with Gasteiger partial charge in [0.2, 0.25) is 5.88 Å². The molecule has 0 bridgehead atoms. The van der Waals surface area contributed by atoms with Crippen LogP contribution >= 0.6 is 15.9 Å². The summed E-state index contributed by atoms with van der Waals surface area (Å²) in [6.45, 7) is 3.28. The summed E-state index contributed by atoms with van der Waals surface area (Å²) in [5, 5.41) is 9.47. The van der Waals surface area contributed by atoms with Crippen LogP contribution in [0.2, 0.25) is 0 Å². The van der Waals surface area contributed by atoms with Crippen LogP contribution in [0, 0.1) is 17.1 Å². The highest BCUT2D eigenvalue weighted by atomic mass is 79.9. The molecule has 1 aliphatic heterocycles. The molecule has 0 aliphatic carbocycles. The molecule has 8 heteroatoms. The fourth-order valence-corrected chi connectivity index (χ4v) is 3.11. The van der Waals surface area contributed by atoms with Gasteiger partial charge in [-0.05, 0) is 35.8 Å². The van der Waals surface area contributed by atoms with E-state index in [9.17, 15) is 14.4 Å². The zero-order valence-corrected chi connectivity index (χ0v) is 15.4. The van der Waals surface area contributed by atoms with Crippen LogP contribution in [0.15, 0.2) is 39.4 Å². The maximum Gasteiger partial charge on any atom is 0.338 e. The number of nitrogens with two attached hydrogens (primary N) is 1. The predicted octanol–water partition coefficient (Wildman–Crippen LogP) is 3.24. The van der Waals surface area contributed by atoms with Crippen molar-refractivity contribution >= 4 is 21.9 Å². The quantitative estimate of drug-likeness (QED) is 0.765. The number of rotatable bonds is 4. The maximum atomic E-state index is 14.7. The highest BCUT2D eigenvalue weighted by Crippen LogP contribution is 2.42. The van der Waals surface area contributed by atoms with Crippen molar-refractivity contribution in [3.05, 3.63) is 50.8 Å². The third-order valence-electron chi connectivity index (χ3n) is 3.68. The topological polar surface area (TPSA) is 94.6 Å². The molecule has 0 saturated carbocycles. The van der Waals surface area contributed by atoms with Gasteiger partial charge in [-0.15, -0.1) is 0 Å². The van der Waals surface area contributed by atoms with E-state index < -0.39 is 17.7 Å². The van der Waals surface area contributed by atoms with Gasteiger partial charge >= 0.3 is 5.97 Å². The second-order valence-corrected chi connectivity index (χ2v) is 5.98. The first kappa shape index (κ1) is 18.8. The largest absolute Gasteiger partial charge is 0.495 e. The molecule has 25 heavy (non-hydrogen) atoms. The van der Waals surface area contributed by atoms with E-state index in [1.165, 1.54) is 20.1 Å². The molecule has 2 rings (SSSR count). The number of benzene rings is 1. The molecule has 6 nitrogen and oxygen atoms in total. The second kappa shape index (κ2) is 7.57. The minimum absolute atomic E-state index is 0.0311. The summed E-state index contributed by atoms with van der Waals surface area (Å²) in [4.78, 5) is 12.4. The molecule has 1 aliphatic rings. The van der Waals surface area contributed by atoms with E-state index in [2.05, 4.69) is 15.9 Å². The lowest BCUT2D eigenvalue weighted by molar-refractivity contribution is -0.139. The van der Waals surface area contributed by atoms with Gasteiger partial charge in [-0.25, -0.2) is 9.18 Å². The van der Waals surface area contributed by atoms with Crippen molar-refractivity contribution in [3.63, 3.8) is 0 Å². The fourth-order valence-electron chi connectivity index (χ4n) is 2.59. The normalized spacial score (nSPS) is 17.0. The minimum atomic E-state index is -1.04. The molecule has 132 valence electrons. The Morgan fingerprint density at radius 3 is 2.76 bits per heavy atom. The number of hydrogen-bond acceptors (Lipinski definition) is 6. The van der Waals surface area contributed by atoms with E-state index in [1.807, 2.05) is 6.07 Å². The number of methoxy groups -OCH3 is 1. The van der Waals surface area contributed by atoms with Gasteiger partial charge in [0.05, 0.1) is 29.7 Å². The summed E-state index contributed by atoms with van der Waals surface area (Å²) in [5.41, 5.74) is 5.83. The van der Waals surface area contributed by atoms with Crippen LogP contribution in [0.4, 0.5) is 4.39 Å². The number of halogens is 2. The van der Waals surface area contributed by atoms with E-state index in [0.717, 1.165) is 6.07 Å². The summed E-state index contributed by atoms with van der Waals surface area (Å²) in [5.74, 6) is -2.13. The molecule has 1 unspecified atom stereocenters. The van der Waals surface area contributed by atoms with E-state index in [-0.39, 0.29) is 40.7 Å². The first-order chi connectivity index (χ1) is 11.8. The third-order valence-corrected chi connectivity index (χ3v) is 4.30. The van der Waals surface area contributed by atoms with Crippen LogP contribution in [0.25, 0.3) is 0 Å². The average Bonchev–Trinajstić information content (AvgIpc) is 2.56. The molecular weight excluding hydrogens is 395 g/mol. The lowest BCUT2D eigenvalue weighted by Crippen LogP contribution is -2.26. The van der Waals surface area contributed by atoms with Crippen molar-refractivity contribution in [1.82, 2.24) is 0 Å². The average molecular weight is 411 g/mol. The number of allylic oxidation sites excluding steroid dienone is 2. The Morgan fingerprint density at radius 1 is 1.52 bits per heavy atom. The van der Waals surface area contributed by atoms with Crippen LogP contribution in [0.5, 0.6) is 5.75 Å². The molecule has 1 aromatic rings. The number of nitrogens with zero attached hydrogens (tertiary/aromatic N) is 1. The SMILES string of the molecule is CCOC(=O)C1=C(C)OC(N)=C(C#N)C1c1cc(Br)c(OC)cc1F. The lowest BCUT2D eigenvalue weighted by Gasteiger charge is -2.27. The Kier molecular flexibility index (Phi) is 5.69. The van der Waals surface area contributed by atoms with Gasteiger partial charge in [-0.2, -0.15) is 5.26 Å². The Balaban J connectivity index is 2.71. The maximum absolute atomic E-state index is 14.7. The lowest BCUT2D eigenvalue weighted by atomic mass is 9.83. The van der Waals surface area contributed by atoms with Crippen LogP contribution < -0.4 is 10.5 Å². The van der Waals surface area contributed by atoms with Crippen molar-refractivity contribution in [1.29, 1.82) is 5.26 Å². The Hall–Kier alpha value is -2.53. The number of nitriles is 1. The van der Waals surface area contributed by atoms with Crippen molar-refractivity contribution in [2.24, 2.45) is 5.73 Å². The zero-order chi connectivity index (χ0) is 18.7. The summed E-state index contributed by atoms with van der Waals surface area (Å²) in [7, 11) is 1.40. The minimum Gasteiger partial charge on any atom is -0.495 e. The summed E-state index contributed by atoms with van der Waals surface area (Å²) < 4.78 is 30.6. The molecule has 0 fully saturated rings. The van der Waals surface area contributed by atoms with E-state index in [0.29, 0.717) is 4.47 Å². The van der Waals surface area contributed by atoms with Gasteiger partial charge < -0.3 is 19.9 Å². The number of carbonyl (C=O) groups is 1. The number of esters is 1. The fraction of sp³-hybridized carbons (Fsp3) is 0.294. The van der Waals surface area contributed by atoms with Gasteiger partial charge in [0, 0.05) is 11.6 Å². The molecule has 2 N–H and O–H groups in total. The first-order valence-corrected chi connectivity index (χ1v) is 8.13. The Morgan fingerprint density at radius 2 is 2.20 bits per heavy atom. The first-order valence-electron chi connectivity index (χ1n) is 7.34. The molecule has 0 amide bonds. The predicted molar refractivity (Wildman–Crippen MR) is 90.6 cm³/mol. The van der Waals surface area contributed by atoms with Crippen molar-refractivity contribution in [3.8, 4) is 11.8 Å². The van der Waals surface area contributed by atoms with Gasteiger partial charge in [0.15, 0.2) is 0 Å². The monoisotopic (exact) mass is 410 g/mol. The van der Waals surface area contributed by atoms with E-state index >= 15 is 0 Å². The molecule has 0 radical (unpaired) electrons. The van der Waals surface area contributed by atoms with Crippen molar-refractivity contribution < 1.29 is 23.4 Å². The van der Waals surface area contributed by atoms with E-state index in [1.54, 1.807) is 6.92 Å². The zero-order valence-electron chi connectivity index (χ0n) is 13.9. The van der Waals surface area contributed by atoms with Crippen molar-refractivity contribution in [2.75, 3.05) is 13.7 Å². The van der Waals surface area contributed by atoms with Crippen LogP contribution in [0.3, 0.4) is 0 Å². The molecule has 0 aromatic heterocycles. The second-order valence-electron chi connectivity index (χ2n) is 5.12. The summed E-state index contributed by atoms with van der Waals surface area (Å²) in [6.07, 6.45) is 0. The molecule has 0 saturated heterocycles. The highest BCUT2D eigenvalue weighted by molar-refractivity contribution is 9.10. The highest BCUT2D eigenvalue weighted by Gasteiger charge is 2.38. The summed E-state index contributed by atoms with van der Waals surface area (Å²) in [6, 6.07) is 4.51. The van der Waals surface area contributed by atoms with Gasteiger partial charge in [-0.3, -0.25) is 0 Å². The molecule has 1 atom stereocenters. The molecule has 1 aromatic carbocycles. The smallest absolute Gasteiger partial charge is 0.338 e. The van der Waals surface area contributed by atoms with E-state index in [4.69, 9.17) is 19.9 Å². The van der Waals surface area contributed by atoms with Gasteiger partial charge in [0.1, 0.15) is 29.0 Å². The molecule has 1 heterocycles.